The molecule has 4 heteroatoms. The van der Waals surface area contributed by atoms with Gasteiger partial charge < -0.3 is 6.13 Å². The molecule has 0 aliphatic carbocycles. The van der Waals surface area contributed by atoms with Crippen molar-refractivity contribution in [3.63, 3.8) is 0 Å². The predicted molar refractivity (Wildman–Crippen MR) is 94.3 cm³/mol. The summed E-state index contributed by atoms with van der Waals surface area (Å²) < 4.78 is 10.5. The topological polar surface area (TPSA) is 18.5 Å². The lowest BCUT2D eigenvalue weighted by Gasteiger charge is -2.14. The van der Waals surface area contributed by atoms with Gasteiger partial charge in [0.2, 0.25) is 0 Å². The molecule has 2 aromatic rings. The molecule has 2 rings (SSSR count). The maximum Gasteiger partial charge on any atom is 0.192 e. The van der Waals surface area contributed by atoms with E-state index in [0.717, 1.165) is 17.9 Å². The number of halogens is 2. The molecule has 0 saturated carbocycles. The van der Waals surface area contributed by atoms with E-state index in [1.54, 1.807) is 0 Å². The Kier molecular flexibility index (Phi) is 5.75. The van der Waals surface area contributed by atoms with Crippen molar-refractivity contribution in [1.29, 1.82) is 0 Å². The molecule has 100 valence electrons. The predicted octanol–water partition coefficient (Wildman–Crippen LogP) is 5.49. The molecular formula is C15H14I2O2. The van der Waals surface area contributed by atoms with E-state index in [-0.39, 0.29) is 0 Å². The number of hydrogen-bond donors (Lipinski definition) is 0. The first-order valence-electron chi connectivity index (χ1n) is 5.99. The highest BCUT2D eigenvalue weighted by atomic mass is 127. The molecule has 0 heterocycles. The molecule has 2 aromatic carbocycles. The number of benzene rings is 2. The fourth-order valence-corrected chi connectivity index (χ4v) is 2.77. The second kappa shape index (κ2) is 7.33. The highest BCUT2D eigenvalue weighted by molar-refractivity contribution is 14.1. The molecule has 1 atom stereocenters. The number of hydrogen-bond acceptors (Lipinski definition) is 2. The third kappa shape index (κ3) is 3.98. The van der Waals surface area contributed by atoms with Gasteiger partial charge in [0.05, 0.1) is 0 Å². The van der Waals surface area contributed by atoms with Gasteiger partial charge in [-0.2, -0.15) is 0 Å². The fourth-order valence-electron chi connectivity index (χ4n) is 2.04. The highest BCUT2D eigenvalue weighted by Crippen LogP contribution is 2.28. The van der Waals surface area contributed by atoms with Crippen LogP contribution < -0.4 is 6.13 Å². The van der Waals surface area contributed by atoms with Gasteiger partial charge in [-0.1, -0.05) is 37.3 Å². The van der Waals surface area contributed by atoms with E-state index in [2.05, 4.69) is 25.1 Å². The van der Waals surface area contributed by atoms with Crippen molar-refractivity contribution >= 4 is 46.0 Å². The molecule has 19 heavy (non-hydrogen) atoms. The van der Waals surface area contributed by atoms with Crippen molar-refractivity contribution in [3.05, 3.63) is 59.7 Å². The summed E-state index contributed by atoms with van der Waals surface area (Å²) in [6.45, 7) is 2.23. The summed E-state index contributed by atoms with van der Waals surface area (Å²) in [4.78, 5) is 0. The Morgan fingerprint density at radius 3 is 2.26 bits per heavy atom. The standard InChI is InChI=1S/C15H14I2O2/c1-11(12-6-8-14(18-16)9-7-12)10-13-4-2-3-5-15(13)19-17/h2-9,11H,10H2,1H3. The molecule has 0 N–H and O–H groups in total. The zero-order valence-electron chi connectivity index (χ0n) is 10.5. The molecule has 0 aliphatic rings. The molecule has 0 fully saturated rings. The fraction of sp³-hybridized carbons (Fsp3) is 0.200. The van der Waals surface area contributed by atoms with Crippen molar-refractivity contribution < 1.29 is 6.13 Å². The lowest BCUT2D eigenvalue weighted by Crippen LogP contribution is -1.99. The summed E-state index contributed by atoms with van der Waals surface area (Å²) in [6.07, 6.45) is 0.962. The van der Waals surface area contributed by atoms with E-state index in [4.69, 9.17) is 6.13 Å². The van der Waals surface area contributed by atoms with Gasteiger partial charge in [0, 0.05) is 0 Å². The van der Waals surface area contributed by atoms with Crippen LogP contribution in [-0.2, 0) is 6.42 Å². The molecule has 0 amide bonds. The van der Waals surface area contributed by atoms with Gasteiger partial charge >= 0.3 is 0 Å². The Hall–Kier alpha value is -0.500. The molecule has 0 radical (unpaired) electrons. The quantitative estimate of drug-likeness (QED) is 0.528. The summed E-state index contributed by atoms with van der Waals surface area (Å²) in [6, 6.07) is 16.4. The van der Waals surface area contributed by atoms with Crippen molar-refractivity contribution in [2.75, 3.05) is 0 Å². The van der Waals surface area contributed by atoms with Crippen molar-refractivity contribution in [1.82, 2.24) is 0 Å². The third-order valence-corrected chi connectivity index (χ3v) is 4.10. The lowest BCUT2D eigenvalue weighted by molar-refractivity contribution is 0.674. The summed E-state index contributed by atoms with van der Waals surface area (Å²) in [5.74, 6) is 2.27. The van der Waals surface area contributed by atoms with Crippen LogP contribution in [-0.4, -0.2) is 0 Å². The maximum absolute atomic E-state index is 5.37. The highest BCUT2D eigenvalue weighted by Gasteiger charge is 2.10. The van der Waals surface area contributed by atoms with Gasteiger partial charge in [0.15, 0.2) is 46.0 Å². The van der Waals surface area contributed by atoms with Crippen LogP contribution in [0.2, 0.25) is 0 Å². The summed E-state index contributed by atoms with van der Waals surface area (Å²) in [7, 11) is 0. The van der Waals surface area contributed by atoms with Gasteiger partial charge in [-0.25, -0.2) is 0 Å². The summed E-state index contributed by atoms with van der Waals surface area (Å²) >= 11 is 3.83. The van der Waals surface area contributed by atoms with Crippen molar-refractivity contribution in [3.8, 4) is 11.5 Å². The maximum atomic E-state index is 5.37. The second-order valence-electron chi connectivity index (χ2n) is 4.44. The third-order valence-electron chi connectivity index (χ3n) is 3.12. The smallest absolute Gasteiger partial charge is 0.192 e. The second-order valence-corrected chi connectivity index (χ2v) is 5.32. The van der Waals surface area contributed by atoms with Crippen LogP contribution in [0.25, 0.3) is 0 Å². The van der Waals surface area contributed by atoms with Gasteiger partial charge in [-0.05, 0) is 41.7 Å². The Balaban J connectivity index is 2.13. The lowest BCUT2D eigenvalue weighted by atomic mass is 9.93. The van der Waals surface area contributed by atoms with Crippen LogP contribution in [0.5, 0.6) is 11.5 Å². The minimum Gasteiger partial charge on any atom is -0.428 e. The van der Waals surface area contributed by atoms with E-state index >= 15 is 0 Å². The SMILES string of the molecule is CC(Cc1ccccc1OI)c1ccc(OI)cc1. The van der Waals surface area contributed by atoms with Crippen LogP contribution in [0.15, 0.2) is 48.5 Å². The van der Waals surface area contributed by atoms with Crippen molar-refractivity contribution in [2.45, 2.75) is 19.3 Å². The number of para-hydroxylation sites is 1. The number of rotatable bonds is 5. The molecule has 0 aromatic heterocycles. The van der Waals surface area contributed by atoms with Gasteiger partial charge in [-0.3, -0.25) is 0 Å². The first-order chi connectivity index (χ1) is 9.24. The van der Waals surface area contributed by atoms with E-state index in [0.29, 0.717) is 5.92 Å². The Labute approximate surface area is 141 Å². The van der Waals surface area contributed by atoms with E-state index in [9.17, 15) is 0 Å². The average molecular weight is 480 g/mol. The van der Waals surface area contributed by atoms with Crippen molar-refractivity contribution in [2.24, 2.45) is 0 Å². The zero-order chi connectivity index (χ0) is 13.7. The van der Waals surface area contributed by atoms with Crippen LogP contribution in [0.3, 0.4) is 0 Å². The summed E-state index contributed by atoms with van der Waals surface area (Å²) in [5.41, 5.74) is 2.54. The molecule has 0 bridgehead atoms. The first-order valence-corrected chi connectivity index (χ1v) is 7.75. The van der Waals surface area contributed by atoms with E-state index in [1.165, 1.54) is 11.1 Å². The molecule has 2 nitrogen and oxygen atoms in total. The van der Waals surface area contributed by atoms with Crippen LogP contribution >= 0.6 is 46.0 Å². The van der Waals surface area contributed by atoms with Crippen LogP contribution in [0.1, 0.15) is 24.0 Å². The normalized spacial score (nSPS) is 11.9. The van der Waals surface area contributed by atoms with E-state index < -0.39 is 0 Å². The van der Waals surface area contributed by atoms with Gasteiger partial charge in [0.1, 0.15) is 11.5 Å². The molecular weight excluding hydrogens is 466 g/mol. The summed E-state index contributed by atoms with van der Waals surface area (Å²) in [5, 5.41) is 0. The van der Waals surface area contributed by atoms with Crippen LogP contribution in [0, 0.1) is 0 Å². The zero-order valence-corrected chi connectivity index (χ0v) is 14.8. The van der Waals surface area contributed by atoms with Crippen LogP contribution in [0.4, 0.5) is 0 Å². The minimum absolute atomic E-state index is 0.441. The Morgan fingerprint density at radius 2 is 1.63 bits per heavy atom. The molecule has 0 aliphatic heterocycles. The first kappa shape index (κ1) is 14.9. The average Bonchev–Trinajstić information content (AvgIpc) is 2.48. The molecule has 0 spiro atoms. The van der Waals surface area contributed by atoms with Gasteiger partial charge in [-0.15, -0.1) is 0 Å². The molecule has 1 unspecified atom stereocenters. The Morgan fingerprint density at radius 1 is 0.947 bits per heavy atom. The monoisotopic (exact) mass is 480 g/mol. The van der Waals surface area contributed by atoms with E-state index in [1.807, 2.05) is 76.3 Å². The largest absolute Gasteiger partial charge is 0.428 e. The Bertz CT molecular complexity index is 526. The van der Waals surface area contributed by atoms with Gasteiger partial charge in [0.25, 0.3) is 0 Å². The minimum atomic E-state index is 0.441. The molecule has 0 saturated heterocycles.